The van der Waals surface area contributed by atoms with E-state index in [2.05, 4.69) is 53.3 Å². The maximum atomic E-state index is 12.1. The second kappa shape index (κ2) is 6.24. The number of aromatic amines is 1. The van der Waals surface area contributed by atoms with Crippen molar-refractivity contribution in [2.75, 3.05) is 5.32 Å². The van der Waals surface area contributed by atoms with Crippen LogP contribution in [0.3, 0.4) is 0 Å². The second-order valence-corrected chi connectivity index (χ2v) is 5.76. The molecule has 2 heterocycles. The third kappa shape index (κ3) is 3.11. The Kier molecular flexibility index (Phi) is 4.14. The van der Waals surface area contributed by atoms with E-state index in [0.29, 0.717) is 18.1 Å². The van der Waals surface area contributed by atoms with Gasteiger partial charge in [0, 0.05) is 11.8 Å². The molecular weight excluding hydrogens is 290 g/mol. The van der Waals surface area contributed by atoms with Crippen molar-refractivity contribution < 1.29 is 0 Å². The van der Waals surface area contributed by atoms with Crippen LogP contribution in [0.25, 0.3) is 5.78 Å². The summed E-state index contributed by atoms with van der Waals surface area (Å²) in [6, 6.07) is 7.74. The van der Waals surface area contributed by atoms with E-state index in [-0.39, 0.29) is 5.56 Å². The van der Waals surface area contributed by atoms with Gasteiger partial charge < -0.3 is 5.32 Å². The van der Waals surface area contributed by atoms with Crippen LogP contribution in [0.5, 0.6) is 0 Å². The van der Waals surface area contributed by atoms with E-state index in [1.165, 1.54) is 15.6 Å². The summed E-state index contributed by atoms with van der Waals surface area (Å²) in [6.45, 7) is 6.71. The van der Waals surface area contributed by atoms with Crippen LogP contribution in [0.15, 0.2) is 29.1 Å². The maximum absolute atomic E-state index is 12.1. The van der Waals surface area contributed by atoms with Gasteiger partial charge in [0.2, 0.25) is 0 Å². The highest BCUT2D eigenvalue weighted by atomic mass is 16.1. The molecule has 0 bridgehead atoms. The van der Waals surface area contributed by atoms with Gasteiger partial charge in [-0.05, 0) is 31.4 Å². The van der Waals surface area contributed by atoms with Crippen LogP contribution < -0.4 is 10.9 Å². The lowest BCUT2D eigenvalue weighted by Crippen LogP contribution is -2.16. The molecule has 0 unspecified atom stereocenters. The lowest BCUT2D eigenvalue weighted by atomic mass is 10.1. The fourth-order valence-corrected chi connectivity index (χ4v) is 2.70. The van der Waals surface area contributed by atoms with Crippen LogP contribution in [0.1, 0.15) is 36.0 Å². The monoisotopic (exact) mass is 311 g/mol. The highest BCUT2D eigenvalue weighted by molar-refractivity contribution is 5.56. The summed E-state index contributed by atoms with van der Waals surface area (Å²) in [4.78, 5) is 21.0. The van der Waals surface area contributed by atoms with Crippen molar-refractivity contribution in [3.8, 4) is 0 Å². The van der Waals surface area contributed by atoms with Gasteiger partial charge in [0.05, 0.1) is 12.2 Å². The molecule has 0 saturated heterocycles. The van der Waals surface area contributed by atoms with E-state index in [1.54, 1.807) is 6.07 Å². The molecule has 0 fully saturated rings. The number of nitrogens with one attached hydrogen (secondary N) is 2. The molecule has 6 heteroatoms. The van der Waals surface area contributed by atoms with Gasteiger partial charge >= 0.3 is 0 Å². The minimum atomic E-state index is -0.121. The molecule has 120 valence electrons. The Bertz CT molecular complexity index is 873. The third-order valence-corrected chi connectivity index (χ3v) is 3.85. The Balaban J connectivity index is 1.86. The van der Waals surface area contributed by atoms with Crippen molar-refractivity contribution in [3.05, 3.63) is 57.3 Å². The number of benzene rings is 1. The van der Waals surface area contributed by atoms with Gasteiger partial charge in [-0.1, -0.05) is 31.5 Å². The highest BCUT2D eigenvalue weighted by Gasteiger charge is 2.08. The average molecular weight is 311 g/mol. The number of hydrogen-bond acceptors (Lipinski definition) is 4. The summed E-state index contributed by atoms with van der Waals surface area (Å²) in [5, 5.41) is 6.39. The van der Waals surface area contributed by atoms with Crippen molar-refractivity contribution >= 4 is 11.5 Å². The Labute approximate surface area is 134 Å². The van der Waals surface area contributed by atoms with Gasteiger partial charge in [-0.2, -0.15) is 9.50 Å². The summed E-state index contributed by atoms with van der Waals surface area (Å²) in [7, 11) is 0. The van der Waals surface area contributed by atoms with Crippen LogP contribution in [0.4, 0.5) is 5.69 Å². The van der Waals surface area contributed by atoms with Crippen LogP contribution in [-0.4, -0.2) is 19.6 Å². The fraction of sp³-hybridized carbons (Fsp3) is 0.353. The summed E-state index contributed by atoms with van der Waals surface area (Å²) in [5.74, 6) is 1.12. The van der Waals surface area contributed by atoms with Gasteiger partial charge in [0.25, 0.3) is 11.3 Å². The van der Waals surface area contributed by atoms with E-state index in [1.807, 2.05) is 6.07 Å². The minimum Gasteiger partial charge on any atom is -0.377 e. The van der Waals surface area contributed by atoms with Gasteiger partial charge in [0.15, 0.2) is 0 Å². The molecule has 3 rings (SSSR count). The van der Waals surface area contributed by atoms with Crippen molar-refractivity contribution in [2.24, 2.45) is 0 Å². The molecule has 0 atom stereocenters. The predicted octanol–water partition coefficient (Wildman–Crippen LogP) is 2.60. The minimum absolute atomic E-state index is 0.121. The molecular formula is C17H21N5O. The van der Waals surface area contributed by atoms with Gasteiger partial charge in [-0.3, -0.25) is 9.89 Å². The fourth-order valence-electron chi connectivity index (χ4n) is 2.70. The molecule has 0 saturated carbocycles. The number of anilines is 1. The number of hydrogen-bond donors (Lipinski definition) is 2. The molecule has 1 aromatic carbocycles. The molecule has 0 spiro atoms. The maximum Gasteiger partial charge on any atom is 0.274 e. The van der Waals surface area contributed by atoms with E-state index >= 15 is 0 Å². The predicted molar refractivity (Wildman–Crippen MR) is 90.8 cm³/mol. The van der Waals surface area contributed by atoms with Crippen LogP contribution >= 0.6 is 0 Å². The zero-order chi connectivity index (χ0) is 16.4. The standard InChI is InChI=1S/C17H21N5O/c1-4-6-13-9-15(23)22-17(19-13)20-14(21-22)10-18-16-11(2)7-5-8-12(16)3/h5,7-9,18H,4,6,10H2,1-3H3,(H,19,20,21). The van der Waals surface area contributed by atoms with Gasteiger partial charge in [-0.25, -0.2) is 4.98 Å². The lowest BCUT2D eigenvalue weighted by molar-refractivity contribution is 0.825. The number of H-pyrrole nitrogens is 1. The number of rotatable bonds is 5. The Morgan fingerprint density at radius 3 is 2.65 bits per heavy atom. The number of aromatic nitrogens is 4. The van der Waals surface area contributed by atoms with Crippen LogP contribution in [0, 0.1) is 13.8 Å². The van der Waals surface area contributed by atoms with Gasteiger partial charge in [-0.15, -0.1) is 0 Å². The van der Waals surface area contributed by atoms with Crippen molar-refractivity contribution in [1.82, 2.24) is 19.6 Å². The third-order valence-electron chi connectivity index (χ3n) is 3.85. The van der Waals surface area contributed by atoms with Crippen LogP contribution in [-0.2, 0) is 13.0 Å². The quantitative estimate of drug-likeness (QED) is 0.759. The molecule has 0 radical (unpaired) electrons. The first-order chi connectivity index (χ1) is 11.1. The first kappa shape index (κ1) is 15.3. The van der Waals surface area contributed by atoms with Crippen molar-refractivity contribution in [1.29, 1.82) is 0 Å². The first-order valence-corrected chi connectivity index (χ1v) is 7.86. The van der Waals surface area contributed by atoms with Crippen LogP contribution in [0.2, 0.25) is 0 Å². The number of para-hydroxylation sites is 1. The summed E-state index contributed by atoms with van der Waals surface area (Å²) in [5.41, 5.74) is 4.13. The zero-order valence-electron chi connectivity index (χ0n) is 13.7. The Morgan fingerprint density at radius 1 is 1.22 bits per heavy atom. The zero-order valence-corrected chi connectivity index (χ0v) is 13.7. The first-order valence-electron chi connectivity index (χ1n) is 7.86. The van der Waals surface area contributed by atoms with E-state index in [0.717, 1.165) is 24.2 Å². The molecule has 23 heavy (non-hydrogen) atoms. The molecule has 0 amide bonds. The summed E-state index contributed by atoms with van der Waals surface area (Å²) in [6.07, 6.45) is 1.74. The molecule has 2 aromatic heterocycles. The topological polar surface area (TPSA) is 75.1 Å². The van der Waals surface area contributed by atoms with E-state index in [4.69, 9.17) is 0 Å². The number of aryl methyl sites for hydroxylation is 3. The van der Waals surface area contributed by atoms with Crippen molar-refractivity contribution in [3.63, 3.8) is 0 Å². The largest absolute Gasteiger partial charge is 0.377 e. The van der Waals surface area contributed by atoms with E-state index < -0.39 is 0 Å². The molecule has 6 nitrogen and oxygen atoms in total. The van der Waals surface area contributed by atoms with Gasteiger partial charge in [0.1, 0.15) is 5.82 Å². The SMILES string of the molecule is CCCc1cc(=O)n2[nH]c(CNc3c(C)cccc3C)nc2n1. The second-order valence-electron chi connectivity index (χ2n) is 5.76. The lowest BCUT2D eigenvalue weighted by Gasteiger charge is -2.10. The Morgan fingerprint density at radius 2 is 1.96 bits per heavy atom. The van der Waals surface area contributed by atoms with E-state index in [9.17, 15) is 4.79 Å². The average Bonchev–Trinajstić information content (AvgIpc) is 2.91. The van der Waals surface area contributed by atoms with Crippen molar-refractivity contribution in [2.45, 2.75) is 40.2 Å². The molecule has 0 aliphatic rings. The molecule has 0 aliphatic heterocycles. The highest BCUT2D eigenvalue weighted by Crippen LogP contribution is 2.19. The summed E-state index contributed by atoms with van der Waals surface area (Å²) < 4.78 is 1.39. The Hall–Kier alpha value is -2.63. The normalized spacial score (nSPS) is 11.1. The molecule has 3 aromatic rings. The smallest absolute Gasteiger partial charge is 0.274 e. The summed E-state index contributed by atoms with van der Waals surface area (Å²) >= 11 is 0. The number of fused-ring (bicyclic) bond motifs is 1. The number of nitrogens with zero attached hydrogens (tertiary/aromatic N) is 3. The molecule has 2 N–H and O–H groups in total. The molecule has 0 aliphatic carbocycles.